The van der Waals surface area contributed by atoms with Gasteiger partial charge in [0, 0.05) is 12.6 Å². The molecule has 2 aromatic rings. The molecule has 0 bridgehead atoms. The van der Waals surface area contributed by atoms with Crippen LogP contribution in [0.25, 0.3) is 11.2 Å². The van der Waals surface area contributed by atoms with Gasteiger partial charge in [-0.1, -0.05) is 6.92 Å². The lowest BCUT2D eigenvalue weighted by atomic mass is 10.1. The molecule has 0 saturated heterocycles. The maximum absolute atomic E-state index is 6.29. The lowest BCUT2D eigenvalue weighted by molar-refractivity contribution is 0.396. The molecule has 1 fully saturated rings. The van der Waals surface area contributed by atoms with Crippen molar-refractivity contribution in [1.29, 1.82) is 0 Å². The van der Waals surface area contributed by atoms with Gasteiger partial charge in [0.05, 0.1) is 12.5 Å². The molecule has 5 heteroatoms. The Morgan fingerprint density at radius 1 is 1.35 bits per heavy atom. The summed E-state index contributed by atoms with van der Waals surface area (Å²) >= 11 is 6.29. The number of imidazole rings is 1. The molecule has 2 atom stereocenters. The quantitative estimate of drug-likeness (QED) is 0.788. The van der Waals surface area contributed by atoms with E-state index >= 15 is 0 Å². The number of halogens is 1. The summed E-state index contributed by atoms with van der Waals surface area (Å²) in [5.41, 5.74) is 1.76. The zero-order valence-corrected chi connectivity index (χ0v) is 12.9. The van der Waals surface area contributed by atoms with Gasteiger partial charge in [-0.2, -0.15) is 4.98 Å². The van der Waals surface area contributed by atoms with Crippen molar-refractivity contribution in [2.45, 2.75) is 38.6 Å². The summed E-state index contributed by atoms with van der Waals surface area (Å²) < 4.78 is 7.39. The highest BCUT2D eigenvalue weighted by atomic mass is 35.5. The van der Waals surface area contributed by atoms with Crippen LogP contribution in [0.5, 0.6) is 5.88 Å². The minimum atomic E-state index is -0.124. The smallest absolute Gasteiger partial charge is 0.215 e. The summed E-state index contributed by atoms with van der Waals surface area (Å²) in [6, 6.07) is 3.79. The van der Waals surface area contributed by atoms with E-state index in [0.717, 1.165) is 29.5 Å². The van der Waals surface area contributed by atoms with Crippen LogP contribution < -0.4 is 4.74 Å². The molecule has 3 rings (SSSR count). The molecular weight excluding hydrogens is 274 g/mol. The second-order valence-corrected chi connectivity index (χ2v) is 6.36. The lowest BCUT2D eigenvalue weighted by Gasteiger charge is -2.15. The van der Waals surface area contributed by atoms with Gasteiger partial charge in [0.1, 0.15) is 11.3 Å². The number of alkyl halides is 1. The molecule has 2 aromatic heterocycles. The van der Waals surface area contributed by atoms with Crippen molar-refractivity contribution < 1.29 is 4.74 Å². The predicted octanol–water partition coefficient (Wildman–Crippen LogP) is 3.79. The summed E-state index contributed by atoms with van der Waals surface area (Å²) in [5, 5.41) is -0.124. The number of ether oxygens (including phenoxy) is 1. The Labute approximate surface area is 124 Å². The minimum absolute atomic E-state index is 0.124. The van der Waals surface area contributed by atoms with Gasteiger partial charge in [-0.15, -0.1) is 11.6 Å². The first-order valence-electron chi connectivity index (χ1n) is 7.15. The van der Waals surface area contributed by atoms with Crippen molar-refractivity contribution in [3.63, 3.8) is 0 Å². The molecule has 20 heavy (non-hydrogen) atoms. The normalized spacial score (nSPS) is 18.2. The van der Waals surface area contributed by atoms with Crippen LogP contribution in [-0.4, -0.2) is 21.6 Å². The Morgan fingerprint density at radius 3 is 2.70 bits per heavy atom. The zero-order chi connectivity index (χ0) is 14.3. The first-order valence-corrected chi connectivity index (χ1v) is 7.59. The van der Waals surface area contributed by atoms with Gasteiger partial charge in [0.2, 0.25) is 5.88 Å². The van der Waals surface area contributed by atoms with Crippen molar-refractivity contribution in [2.24, 2.45) is 11.8 Å². The molecule has 0 spiro atoms. The average Bonchev–Trinajstić information content (AvgIpc) is 3.22. The molecule has 0 radical (unpaired) electrons. The Morgan fingerprint density at radius 2 is 2.10 bits per heavy atom. The maximum atomic E-state index is 6.29. The summed E-state index contributed by atoms with van der Waals surface area (Å²) in [6.45, 7) is 5.18. The fourth-order valence-corrected chi connectivity index (χ4v) is 2.87. The van der Waals surface area contributed by atoms with Gasteiger partial charge in [-0.25, -0.2) is 4.98 Å². The van der Waals surface area contributed by atoms with E-state index < -0.39 is 0 Å². The largest absolute Gasteiger partial charge is 0.481 e. The van der Waals surface area contributed by atoms with E-state index in [4.69, 9.17) is 16.3 Å². The molecule has 0 aromatic carbocycles. The number of methoxy groups -OCH3 is 1. The summed E-state index contributed by atoms with van der Waals surface area (Å²) in [5.74, 6) is 2.99. The Kier molecular flexibility index (Phi) is 3.59. The number of aromatic nitrogens is 3. The van der Waals surface area contributed by atoms with Crippen molar-refractivity contribution in [3.05, 3.63) is 18.0 Å². The van der Waals surface area contributed by atoms with E-state index in [1.807, 2.05) is 19.1 Å². The number of hydrogen-bond donors (Lipinski definition) is 0. The van der Waals surface area contributed by atoms with Crippen LogP contribution in [-0.2, 0) is 6.54 Å². The Hall–Kier alpha value is -1.29. The van der Waals surface area contributed by atoms with E-state index in [9.17, 15) is 0 Å². The standard InChI is InChI=1S/C15H20ClN3O/c1-9(11-4-5-11)8-19-14(10(2)16)17-12-6-7-13(20-3)18-15(12)19/h6-7,9-11H,4-5,8H2,1-3H3. The number of nitrogens with zero attached hydrogens (tertiary/aromatic N) is 3. The minimum Gasteiger partial charge on any atom is -0.481 e. The second-order valence-electron chi connectivity index (χ2n) is 5.71. The van der Waals surface area contributed by atoms with Gasteiger partial charge in [-0.3, -0.25) is 0 Å². The van der Waals surface area contributed by atoms with Gasteiger partial charge in [-0.05, 0) is 37.7 Å². The molecule has 0 amide bonds. The monoisotopic (exact) mass is 293 g/mol. The highest BCUT2D eigenvalue weighted by Gasteiger charge is 2.29. The third-order valence-electron chi connectivity index (χ3n) is 4.06. The van der Waals surface area contributed by atoms with Gasteiger partial charge >= 0.3 is 0 Å². The highest BCUT2D eigenvalue weighted by molar-refractivity contribution is 6.20. The van der Waals surface area contributed by atoms with Crippen molar-refractivity contribution in [1.82, 2.24) is 14.5 Å². The Bertz CT molecular complexity index is 619. The molecule has 0 N–H and O–H groups in total. The first-order chi connectivity index (χ1) is 9.60. The zero-order valence-electron chi connectivity index (χ0n) is 12.1. The Balaban J connectivity index is 2.05. The van der Waals surface area contributed by atoms with Crippen LogP contribution in [0.1, 0.15) is 37.9 Å². The van der Waals surface area contributed by atoms with Crippen LogP contribution in [0.2, 0.25) is 0 Å². The highest BCUT2D eigenvalue weighted by Crippen LogP contribution is 2.38. The van der Waals surface area contributed by atoms with Gasteiger partial charge < -0.3 is 9.30 Å². The molecule has 1 aliphatic carbocycles. The van der Waals surface area contributed by atoms with Gasteiger partial charge in [0.25, 0.3) is 0 Å². The molecule has 1 saturated carbocycles. The predicted molar refractivity (Wildman–Crippen MR) is 80.2 cm³/mol. The SMILES string of the molecule is COc1ccc2nc(C(C)Cl)n(CC(C)C3CC3)c2n1. The fourth-order valence-electron chi connectivity index (χ4n) is 2.70. The van der Waals surface area contributed by atoms with Crippen LogP contribution >= 0.6 is 11.6 Å². The third kappa shape index (κ3) is 2.49. The number of rotatable bonds is 5. The first kappa shape index (κ1) is 13.7. The van der Waals surface area contributed by atoms with Crippen LogP contribution in [0, 0.1) is 11.8 Å². The fraction of sp³-hybridized carbons (Fsp3) is 0.600. The second kappa shape index (κ2) is 5.24. The van der Waals surface area contributed by atoms with E-state index in [2.05, 4.69) is 21.5 Å². The molecule has 108 valence electrons. The van der Waals surface area contributed by atoms with E-state index in [0.29, 0.717) is 11.8 Å². The van der Waals surface area contributed by atoms with E-state index in [1.165, 1.54) is 12.8 Å². The number of hydrogen-bond acceptors (Lipinski definition) is 3. The average molecular weight is 294 g/mol. The lowest BCUT2D eigenvalue weighted by Crippen LogP contribution is -2.13. The number of fused-ring (bicyclic) bond motifs is 1. The van der Waals surface area contributed by atoms with Crippen molar-refractivity contribution in [3.8, 4) is 5.88 Å². The van der Waals surface area contributed by atoms with E-state index in [1.54, 1.807) is 7.11 Å². The summed E-state index contributed by atoms with van der Waals surface area (Å²) in [4.78, 5) is 9.18. The van der Waals surface area contributed by atoms with E-state index in [-0.39, 0.29) is 5.38 Å². The topological polar surface area (TPSA) is 39.9 Å². The van der Waals surface area contributed by atoms with Crippen LogP contribution in [0.3, 0.4) is 0 Å². The van der Waals surface area contributed by atoms with Crippen LogP contribution in [0.4, 0.5) is 0 Å². The van der Waals surface area contributed by atoms with Gasteiger partial charge in [0.15, 0.2) is 5.65 Å². The molecule has 1 aliphatic rings. The summed E-state index contributed by atoms with van der Waals surface area (Å²) in [6.07, 6.45) is 2.69. The molecule has 2 heterocycles. The maximum Gasteiger partial charge on any atom is 0.215 e. The van der Waals surface area contributed by atoms with Crippen molar-refractivity contribution in [2.75, 3.05) is 7.11 Å². The summed E-state index contributed by atoms with van der Waals surface area (Å²) in [7, 11) is 1.63. The third-order valence-corrected chi connectivity index (χ3v) is 4.25. The molecule has 4 nitrogen and oxygen atoms in total. The number of pyridine rings is 1. The molecule has 0 aliphatic heterocycles. The van der Waals surface area contributed by atoms with Crippen molar-refractivity contribution >= 4 is 22.8 Å². The molecular formula is C15H20ClN3O. The molecule has 2 unspecified atom stereocenters. The van der Waals surface area contributed by atoms with Crippen LogP contribution in [0.15, 0.2) is 12.1 Å².